The lowest BCUT2D eigenvalue weighted by molar-refractivity contribution is 0.126. The molecule has 1 nitrogen and oxygen atoms in total. The van der Waals surface area contributed by atoms with Gasteiger partial charge in [-0.1, -0.05) is 69.4 Å². The summed E-state index contributed by atoms with van der Waals surface area (Å²) in [6.07, 6.45) is 11.6. The maximum Gasteiger partial charge on any atom is 0.0466 e. The summed E-state index contributed by atoms with van der Waals surface area (Å²) in [4.78, 5) is 0. The summed E-state index contributed by atoms with van der Waals surface area (Å²) in [5.41, 5.74) is 1.47. The van der Waals surface area contributed by atoms with Crippen LogP contribution in [-0.2, 0) is 11.2 Å². The first-order chi connectivity index (χ1) is 9.43. The molecule has 19 heavy (non-hydrogen) atoms. The molecule has 0 spiro atoms. The van der Waals surface area contributed by atoms with Gasteiger partial charge in [-0.05, 0) is 31.2 Å². The largest absolute Gasteiger partial charge is 0.381 e. The molecule has 1 aromatic rings. The Hall–Kier alpha value is -0.820. The standard InChI is InChI=1S/C18H30O/c1-2-3-11-16-19-17-12-6-4-5-8-13-18-14-9-7-10-15-18/h7,9-10,14-15H,2-6,8,11-13,16-17H2,1H3. The van der Waals surface area contributed by atoms with E-state index in [0.717, 1.165) is 13.2 Å². The third-order valence-corrected chi connectivity index (χ3v) is 3.49. The van der Waals surface area contributed by atoms with Crippen molar-refractivity contribution in [1.29, 1.82) is 0 Å². The van der Waals surface area contributed by atoms with Crippen LogP contribution in [0.15, 0.2) is 30.3 Å². The normalized spacial score (nSPS) is 10.8. The molecule has 1 aromatic carbocycles. The summed E-state index contributed by atoms with van der Waals surface area (Å²) in [6.45, 7) is 4.15. The lowest BCUT2D eigenvalue weighted by Gasteiger charge is -2.04. The summed E-state index contributed by atoms with van der Waals surface area (Å²) in [5, 5.41) is 0. The molecule has 0 aromatic heterocycles. The van der Waals surface area contributed by atoms with E-state index in [1.807, 2.05) is 0 Å². The second-order valence-electron chi connectivity index (χ2n) is 5.32. The van der Waals surface area contributed by atoms with Gasteiger partial charge in [0.1, 0.15) is 0 Å². The van der Waals surface area contributed by atoms with E-state index in [9.17, 15) is 0 Å². The maximum atomic E-state index is 5.61. The molecule has 0 unspecified atom stereocenters. The van der Waals surface area contributed by atoms with E-state index >= 15 is 0 Å². The molecular weight excluding hydrogens is 232 g/mol. The van der Waals surface area contributed by atoms with Gasteiger partial charge in [0.25, 0.3) is 0 Å². The van der Waals surface area contributed by atoms with Gasteiger partial charge in [-0.3, -0.25) is 0 Å². The van der Waals surface area contributed by atoms with Gasteiger partial charge in [0.15, 0.2) is 0 Å². The van der Waals surface area contributed by atoms with Crippen LogP contribution in [0.2, 0.25) is 0 Å². The molecule has 0 amide bonds. The topological polar surface area (TPSA) is 9.23 Å². The Labute approximate surface area is 119 Å². The summed E-state index contributed by atoms with van der Waals surface area (Å²) >= 11 is 0. The van der Waals surface area contributed by atoms with E-state index in [1.54, 1.807) is 0 Å². The van der Waals surface area contributed by atoms with Crippen molar-refractivity contribution in [2.75, 3.05) is 13.2 Å². The Balaban J connectivity index is 1.79. The van der Waals surface area contributed by atoms with Crippen LogP contribution in [0.3, 0.4) is 0 Å². The van der Waals surface area contributed by atoms with Crippen LogP contribution in [0.25, 0.3) is 0 Å². The van der Waals surface area contributed by atoms with Crippen molar-refractivity contribution >= 4 is 0 Å². The fourth-order valence-corrected chi connectivity index (χ4v) is 2.26. The average molecular weight is 262 g/mol. The average Bonchev–Trinajstić information content (AvgIpc) is 2.46. The fourth-order valence-electron chi connectivity index (χ4n) is 2.26. The van der Waals surface area contributed by atoms with E-state index in [2.05, 4.69) is 37.3 Å². The molecule has 0 bridgehead atoms. The quantitative estimate of drug-likeness (QED) is 0.459. The second kappa shape index (κ2) is 12.2. The smallest absolute Gasteiger partial charge is 0.0466 e. The molecule has 0 radical (unpaired) electrons. The highest BCUT2D eigenvalue weighted by atomic mass is 16.5. The molecule has 0 atom stereocenters. The second-order valence-corrected chi connectivity index (χ2v) is 5.32. The molecule has 1 heteroatoms. The van der Waals surface area contributed by atoms with Gasteiger partial charge in [0.2, 0.25) is 0 Å². The molecular formula is C18H30O. The van der Waals surface area contributed by atoms with Crippen molar-refractivity contribution in [1.82, 2.24) is 0 Å². The van der Waals surface area contributed by atoms with Crippen molar-refractivity contribution in [3.8, 4) is 0 Å². The van der Waals surface area contributed by atoms with E-state index in [4.69, 9.17) is 4.74 Å². The number of hydrogen-bond acceptors (Lipinski definition) is 1. The Morgan fingerprint density at radius 2 is 1.37 bits per heavy atom. The number of rotatable bonds is 12. The van der Waals surface area contributed by atoms with Crippen molar-refractivity contribution in [2.24, 2.45) is 0 Å². The van der Waals surface area contributed by atoms with Crippen LogP contribution in [0, 0.1) is 0 Å². The molecule has 0 saturated carbocycles. The zero-order chi connectivity index (χ0) is 13.6. The highest BCUT2D eigenvalue weighted by Crippen LogP contribution is 2.08. The highest BCUT2D eigenvalue weighted by molar-refractivity contribution is 5.14. The molecule has 0 aliphatic rings. The minimum Gasteiger partial charge on any atom is -0.381 e. The molecule has 0 saturated heterocycles. The molecule has 1 rings (SSSR count). The van der Waals surface area contributed by atoms with Crippen LogP contribution in [0.4, 0.5) is 0 Å². The molecule has 0 fully saturated rings. The van der Waals surface area contributed by atoms with Crippen molar-refractivity contribution < 1.29 is 4.74 Å². The van der Waals surface area contributed by atoms with Gasteiger partial charge in [-0.15, -0.1) is 0 Å². The maximum absolute atomic E-state index is 5.61. The summed E-state index contributed by atoms with van der Waals surface area (Å²) in [5.74, 6) is 0. The summed E-state index contributed by atoms with van der Waals surface area (Å²) in [6, 6.07) is 10.8. The monoisotopic (exact) mass is 262 g/mol. The van der Waals surface area contributed by atoms with Gasteiger partial charge >= 0.3 is 0 Å². The van der Waals surface area contributed by atoms with Gasteiger partial charge in [0.05, 0.1) is 0 Å². The predicted octanol–water partition coefficient (Wildman–Crippen LogP) is 5.39. The number of aryl methyl sites for hydroxylation is 1. The third kappa shape index (κ3) is 9.72. The van der Waals surface area contributed by atoms with Crippen molar-refractivity contribution in [2.45, 2.75) is 64.7 Å². The SMILES string of the molecule is CCCCCOCCCCCCCc1ccccc1. The minimum absolute atomic E-state index is 0.960. The third-order valence-electron chi connectivity index (χ3n) is 3.49. The van der Waals surface area contributed by atoms with Crippen LogP contribution < -0.4 is 0 Å². The van der Waals surface area contributed by atoms with E-state index < -0.39 is 0 Å². The van der Waals surface area contributed by atoms with Crippen LogP contribution in [0.5, 0.6) is 0 Å². The Morgan fingerprint density at radius 1 is 0.737 bits per heavy atom. The highest BCUT2D eigenvalue weighted by Gasteiger charge is 1.94. The molecule has 108 valence electrons. The van der Waals surface area contributed by atoms with Gasteiger partial charge < -0.3 is 4.74 Å². The fraction of sp³-hybridized carbons (Fsp3) is 0.667. The van der Waals surface area contributed by atoms with Gasteiger partial charge in [-0.2, -0.15) is 0 Å². The van der Waals surface area contributed by atoms with Crippen LogP contribution in [-0.4, -0.2) is 13.2 Å². The summed E-state index contributed by atoms with van der Waals surface area (Å²) in [7, 11) is 0. The first-order valence-corrected chi connectivity index (χ1v) is 8.05. The molecule has 0 aliphatic carbocycles. The first-order valence-electron chi connectivity index (χ1n) is 8.05. The molecule has 0 N–H and O–H groups in total. The van der Waals surface area contributed by atoms with Crippen molar-refractivity contribution in [3.05, 3.63) is 35.9 Å². The zero-order valence-electron chi connectivity index (χ0n) is 12.6. The number of benzene rings is 1. The lowest BCUT2D eigenvalue weighted by Crippen LogP contribution is -1.97. The Kier molecular flexibility index (Phi) is 10.4. The zero-order valence-corrected chi connectivity index (χ0v) is 12.6. The number of unbranched alkanes of at least 4 members (excludes halogenated alkanes) is 6. The lowest BCUT2D eigenvalue weighted by atomic mass is 10.1. The van der Waals surface area contributed by atoms with Crippen LogP contribution in [0.1, 0.15) is 63.9 Å². The first kappa shape index (κ1) is 16.2. The molecule has 0 heterocycles. The Morgan fingerprint density at radius 3 is 2.11 bits per heavy atom. The van der Waals surface area contributed by atoms with Gasteiger partial charge in [-0.25, -0.2) is 0 Å². The van der Waals surface area contributed by atoms with Crippen LogP contribution >= 0.6 is 0 Å². The predicted molar refractivity (Wildman–Crippen MR) is 83.6 cm³/mol. The minimum atomic E-state index is 0.960. The van der Waals surface area contributed by atoms with E-state index in [-0.39, 0.29) is 0 Å². The molecule has 0 aliphatic heterocycles. The Bertz CT molecular complexity index is 281. The van der Waals surface area contributed by atoms with E-state index in [1.165, 1.54) is 63.4 Å². The number of hydrogen-bond donors (Lipinski definition) is 0. The summed E-state index contributed by atoms with van der Waals surface area (Å²) < 4.78 is 5.61. The van der Waals surface area contributed by atoms with Gasteiger partial charge in [0, 0.05) is 13.2 Å². The van der Waals surface area contributed by atoms with Crippen molar-refractivity contribution in [3.63, 3.8) is 0 Å². The van der Waals surface area contributed by atoms with E-state index in [0.29, 0.717) is 0 Å². The number of ether oxygens (including phenoxy) is 1.